The summed E-state index contributed by atoms with van der Waals surface area (Å²) in [6, 6.07) is 4.66. The fraction of sp³-hybridized carbons (Fsp3) is 0.550. The smallest absolute Gasteiger partial charge is 0.250 e. The molecule has 4 aliphatic heterocycles. The second-order valence-electron chi connectivity index (χ2n) is 8.29. The topological polar surface area (TPSA) is 108 Å². The summed E-state index contributed by atoms with van der Waals surface area (Å²) in [5, 5.41) is 16.4. The number of hydrogen-bond donors (Lipinski definition) is 3. The van der Waals surface area contributed by atoms with E-state index in [1.807, 2.05) is 6.07 Å². The Morgan fingerprint density at radius 2 is 2.14 bits per heavy atom. The van der Waals surface area contributed by atoms with Crippen LogP contribution in [0.4, 0.5) is 5.69 Å². The van der Waals surface area contributed by atoms with Gasteiger partial charge in [0.05, 0.1) is 30.6 Å². The van der Waals surface area contributed by atoms with Crippen molar-refractivity contribution in [2.75, 3.05) is 18.5 Å². The number of ether oxygens (including phenoxy) is 1. The van der Waals surface area contributed by atoms with Gasteiger partial charge in [-0.2, -0.15) is 0 Å². The predicted octanol–water partition coefficient (Wildman–Crippen LogP) is 0.729. The number of hydrogen-bond acceptors (Lipinski definition) is 6. The maximum Gasteiger partial charge on any atom is 0.250 e. The largest absolute Gasteiger partial charge is 0.392 e. The summed E-state index contributed by atoms with van der Waals surface area (Å²) in [5.74, 6) is -2.81. The number of likely N-dealkylation sites (tertiary alicyclic amines) is 1. The number of nitrogens with one attached hydrogen (secondary N) is 2. The number of anilines is 1. The van der Waals surface area contributed by atoms with E-state index in [9.17, 15) is 19.5 Å². The van der Waals surface area contributed by atoms with Gasteiger partial charge in [-0.1, -0.05) is 15.9 Å². The van der Waals surface area contributed by atoms with Crippen molar-refractivity contribution in [2.45, 2.75) is 43.6 Å². The zero-order valence-electron chi connectivity index (χ0n) is 15.9. The van der Waals surface area contributed by atoms with Crippen LogP contribution in [0.25, 0.3) is 0 Å². The monoisotopic (exact) mass is 463 g/mol. The van der Waals surface area contributed by atoms with E-state index in [1.54, 1.807) is 19.1 Å². The van der Waals surface area contributed by atoms with E-state index in [2.05, 4.69) is 26.6 Å². The highest BCUT2D eigenvalue weighted by Crippen LogP contribution is 2.53. The summed E-state index contributed by atoms with van der Waals surface area (Å²) in [7, 11) is 0. The third kappa shape index (κ3) is 2.57. The zero-order chi connectivity index (χ0) is 20.5. The molecule has 1 aromatic rings. The van der Waals surface area contributed by atoms with Crippen LogP contribution in [0.5, 0.6) is 0 Å². The van der Waals surface area contributed by atoms with Gasteiger partial charge in [-0.3, -0.25) is 24.6 Å². The molecular formula is C20H22BrN3O5. The van der Waals surface area contributed by atoms with Crippen LogP contribution in [0.15, 0.2) is 22.7 Å². The van der Waals surface area contributed by atoms with E-state index >= 15 is 0 Å². The van der Waals surface area contributed by atoms with Gasteiger partial charge >= 0.3 is 0 Å². The Morgan fingerprint density at radius 1 is 1.34 bits per heavy atom. The minimum Gasteiger partial charge on any atom is -0.392 e. The Labute approximate surface area is 176 Å². The Hall–Kier alpha value is -1.81. The van der Waals surface area contributed by atoms with E-state index in [0.717, 1.165) is 17.3 Å². The Kier molecular flexibility index (Phi) is 4.36. The molecule has 8 nitrogen and oxygen atoms in total. The SMILES string of the molecule is C[C@@H](O)[C@@H]1N[C@@]2(C(=O)Nc3ccc(Br)cc32)[C@H]2C(=O)N(C[C@H]3CCCO3)C(=O)[C@@H]12. The van der Waals surface area contributed by atoms with Crippen LogP contribution in [0.3, 0.4) is 0 Å². The van der Waals surface area contributed by atoms with Crippen molar-refractivity contribution in [1.29, 1.82) is 0 Å². The quantitative estimate of drug-likeness (QED) is 0.570. The third-order valence-electron chi connectivity index (χ3n) is 6.63. The third-order valence-corrected chi connectivity index (χ3v) is 7.13. The summed E-state index contributed by atoms with van der Waals surface area (Å²) < 4.78 is 6.38. The highest BCUT2D eigenvalue weighted by atomic mass is 79.9. The molecule has 4 aliphatic rings. The fourth-order valence-corrected chi connectivity index (χ4v) is 5.71. The van der Waals surface area contributed by atoms with Gasteiger partial charge in [-0.05, 0) is 38.0 Å². The molecule has 1 aromatic carbocycles. The average Bonchev–Trinajstić information content (AvgIpc) is 3.41. The maximum absolute atomic E-state index is 13.5. The number of aliphatic hydroxyl groups excluding tert-OH is 1. The minimum atomic E-state index is -1.39. The second kappa shape index (κ2) is 6.60. The van der Waals surface area contributed by atoms with Crippen LogP contribution in [0.1, 0.15) is 25.3 Å². The fourth-order valence-electron chi connectivity index (χ4n) is 5.35. The van der Waals surface area contributed by atoms with Gasteiger partial charge in [0.1, 0.15) is 5.54 Å². The van der Waals surface area contributed by atoms with Crippen molar-refractivity contribution in [3.63, 3.8) is 0 Å². The highest BCUT2D eigenvalue weighted by Gasteiger charge is 2.71. The first-order chi connectivity index (χ1) is 13.8. The van der Waals surface area contributed by atoms with Gasteiger partial charge in [-0.25, -0.2) is 0 Å². The summed E-state index contributed by atoms with van der Waals surface area (Å²) in [4.78, 5) is 41.2. The first-order valence-corrected chi connectivity index (χ1v) is 10.7. The van der Waals surface area contributed by atoms with Crippen LogP contribution in [0, 0.1) is 11.8 Å². The van der Waals surface area contributed by atoms with E-state index in [4.69, 9.17) is 4.74 Å². The van der Waals surface area contributed by atoms with Crippen LogP contribution < -0.4 is 10.6 Å². The van der Waals surface area contributed by atoms with Crippen LogP contribution in [0.2, 0.25) is 0 Å². The number of carbonyl (C=O) groups excluding carboxylic acids is 3. The lowest BCUT2D eigenvalue weighted by Gasteiger charge is -2.30. The number of fused-ring (bicyclic) bond motifs is 4. The molecule has 3 amide bonds. The molecule has 1 spiro atoms. The molecule has 154 valence electrons. The molecule has 0 radical (unpaired) electrons. The first kappa shape index (κ1) is 19.2. The number of rotatable bonds is 3. The second-order valence-corrected chi connectivity index (χ2v) is 9.20. The Morgan fingerprint density at radius 3 is 2.83 bits per heavy atom. The molecule has 4 heterocycles. The number of amides is 3. The molecule has 6 atom stereocenters. The average molecular weight is 464 g/mol. The van der Waals surface area contributed by atoms with Gasteiger partial charge in [0.15, 0.2) is 0 Å². The molecule has 0 saturated carbocycles. The van der Waals surface area contributed by atoms with Crippen molar-refractivity contribution in [3.05, 3.63) is 28.2 Å². The van der Waals surface area contributed by atoms with E-state index in [1.165, 1.54) is 4.90 Å². The number of aliphatic hydroxyl groups is 1. The summed E-state index contributed by atoms with van der Waals surface area (Å²) in [6.07, 6.45) is 0.616. The highest BCUT2D eigenvalue weighted by molar-refractivity contribution is 9.10. The molecule has 9 heteroatoms. The molecule has 3 fully saturated rings. The van der Waals surface area contributed by atoms with Gasteiger partial charge in [0.25, 0.3) is 0 Å². The van der Waals surface area contributed by atoms with Crippen molar-refractivity contribution in [3.8, 4) is 0 Å². The summed E-state index contributed by atoms with van der Waals surface area (Å²) in [6.45, 7) is 2.39. The summed E-state index contributed by atoms with van der Waals surface area (Å²) in [5.41, 5.74) is -0.160. The number of benzene rings is 1. The number of nitrogens with zero attached hydrogens (tertiary/aromatic N) is 1. The van der Waals surface area contributed by atoms with Crippen LogP contribution >= 0.6 is 15.9 Å². The van der Waals surface area contributed by atoms with Crippen molar-refractivity contribution in [2.24, 2.45) is 11.8 Å². The number of halogens is 1. The lowest BCUT2D eigenvalue weighted by atomic mass is 9.76. The van der Waals surface area contributed by atoms with E-state index < -0.39 is 29.5 Å². The van der Waals surface area contributed by atoms with Crippen LogP contribution in [-0.2, 0) is 24.7 Å². The molecule has 5 rings (SSSR count). The molecule has 3 N–H and O–H groups in total. The molecular weight excluding hydrogens is 442 g/mol. The van der Waals surface area contributed by atoms with E-state index in [0.29, 0.717) is 17.9 Å². The molecule has 0 aliphatic carbocycles. The molecule has 0 bridgehead atoms. The minimum absolute atomic E-state index is 0.172. The molecule has 29 heavy (non-hydrogen) atoms. The maximum atomic E-state index is 13.5. The Bertz CT molecular complexity index is 915. The van der Waals surface area contributed by atoms with Gasteiger partial charge in [0.2, 0.25) is 17.7 Å². The lowest BCUT2D eigenvalue weighted by Crippen LogP contribution is -2.55. The lowest BCUT2D eigenvalue weighted by molar-refractivity contribution is -0.144. The predicted molar refractivity (Wildman–Crippen MR) is 106 cm³/mol. The number of carbonyl (C=O) groups is 3. The zero-order valence-corrected chi connectivity index (χ0v) is 17.4. The standard InChI is InChI=1S/C20H22BrN3O5/c1-9(25)16-14-15(18(27)24(17(14)26)8-11-3-2-6-29-11)20(23-16)12-7-10(21)4-5-13(12)22-19(20)28/h4-5,7,9,11,14-16,23,25H,2-3,6,8H2,1H3,(H,22,28)/t9-,11-,14-,15-,16+,20-/m1/s1. The Balaban J connectivity index is 1.61. The van der Waals surface area contributed by atoms with Crippen LogP contribution in [-0.4, -0.2) is 59.1 Å². The molecule has 3 saturated heterocycles. The normalized spacial score (nSPS) is 36.7. The van der Waals surface area contributed by atoms with Gasteiger partial charge in [0, 0.05) is 28.4 Å². The molecule has 0 unspecified atom stereocenters. The van der Waals surface area contributed by atoms with Gasteiger partial charge in [-0.15, -0.1) is 0 Å². The molecule has 0 aromatic heterocycles. The number of imide groups is 1. The summed E-state index contributed by atoms with van der Waals surface area (Å²) >= 11 is 3.43. The first-order valence-electron chi connectivity index (χ1n) is 9.88. The van der Waals surface area contributed by atoms with Gasteiger partial charge < -0.3 is 15.2 Å². The van der Waals surface area contributed by atoms with E-state index in [-0.39, 0.29) is 30.4 Å². The van der Waals surface area contributed by atoms with Crippen molar-refractivity contribution in [1.82, 2.24) is 10.2 Å². The van der Waals surface area contributed by atoms with Crippen molar-refractivity contribution >= 4 is 39.3 Å². The van der Waals surface area contributed by atoms with Crippen molar-refractivity contribution < 1.29 is 24.2 Å².